The van der Waals surface area contributed by atoms with Crippen molar-refractivity contribution in [2.24, 2.45) is 0 Å². The summed E-state index contributed by atoms with van der Waals surface area (Å²) >= 11 is 2.12. The van der Waals surface area contributed by atoms with Gasteiger partial charge < -0.3 is 4.90 Å². The number of hydrogen-bond acceptors (Lipinski definition) is 4. The Morgan fingerprint density at radius 3 is 2.67 bits per heavy atom. The van der Waals surface area contributed by atoms with Crippen molar-refractivity contribution in [1.29, 1.82) is 0 Å². The molecule has 0 amide bonds. The molecule has 3 heterocycles. The van der Waals surface area contributed by atoms with Crippen LogP contribution in [0.4, 0.5) is 0 Å². The molecule has 21 heavy (non-hydrogen) atoms. The Hall–Kier alpha value is -0.580. The lowest BCUT2D eigenvalue weighted by Gasteiger charge is -2.40. The molecular formula is C17H27N3S. The van der Waals surface area contributed by atoms with Crippen LogP contribution in [0.25, 0.3) is 0 Å². The van der Waals surface area contributed by atoms with Crippen molar-refractivity contribution in [3.63, 3.8) is 0 Å². The van der Waals surface area contributed by atoms with Crippen LogP contribution in [0.2, 0.25) is 0 Å². The number of thioether (sulfide) groups is 1. The molecule has 0 aliphatic carbocycles. The van der Waals surface area contributed by atoms with Crippen molar-refractivity contribution in [3.05, 3.63) is 30.1 Å². The standard InChI is InChI=1S/C17H27N3S/c1-3-16(15-18-7-1)4-2-8-19-9-5-17(6-10-19)20-11-13-21-14-12-20/h1,3,7,15,17H,2,4-6,8-14H2. The van der Waals surface area contributed by atoms with Crippen LogP contribution in [0.15, 0.2) is 24.5 Å². The number of piperidine rings is 1. The highest BCUT2D eigenvalue weighted by atomic mass is 32.2. The predicted molar refractivity (Wildman–Crippen MR) is 90.9 cm³/mol. The lowest BCUT2D eigenvalue weighted by atomic mass is 10.0. The second-order valence-corrected chi connectivity index (χ2v) is 7.41. The SMILES string of the molecule is c1cncc(CCCN2CCC(N3CCSCC3)CC2)c1. The molecule has 0 bridgehead atoms. The largest absolute Gasteiger partial charge is 0.303 e. The van der Waals surface area contributed by atoms with Crippen LogP contribution in [0, 0.1) is 0 Å². The van der Waals surface area contributed by atoms with Gasteiger partial charge in [0.2, 0.25) is 0 Å². The number of aromatic nitrogens is 1. The van der Waals surface area contributed by atoms with E-state index in [2.05, 4.69) is 32.6 Å². The molecule has 0 atom stereocenters. The van der Waals surface area contributed by atoms with Gasteiger partial charge in [0.25, 0.3) is 0 Å². The average molecular weight is 305 g/mol. The zero-order valence-corrected chi connectivity index (χ0v) is 13.7. The first-order valence-electron chi connectivity index (χ1n) is 8.35. The molecule has 2 saturated heterocycles. The van der Waals surface area contributed by atoms with Gasteiger partial charge >= 0.3 is 0 Å². The zero-order valence-electron chi connectivity index (χ0n) is 12.9. The Balaban J connectivity index is 1.34. The summed E-state index contributed by atoms with van der Waals surface area (Å²) in [7, 11) is 0. The van der Waals surface area contributed by atoms with E-state index in [1.54, 1.807) is 0 Å². The van der Waals surface area contributed by atoms with E-state index >= 15 is 0 Å². The van der Waals surface area contributed by atoms with Crippen molar-refractivity contribution >= 4 is 11.8 Å². The molecule has 0 N–H and O–H groups in total. The average Bonchev–Trinajstić information content (AvgIpc) is 2.57. The Labute approximate surface area is 133 Å². The van der Waals surface area contributed by atoms with Gasteiger partial charge in [-0.05, 0) is 56.9 Å². The van der Waals surface area contributed by atoms with Gasteiger partial charge in [-0.1, -0.05) is 6.07 Å². The molecule has 0 spiro atoms. The summed E-state index contributed by atoms with van der Waals surface area (Å²) in [6.07, 6.45) is 9.02. The highest BCUT2D eigenvalue weighted by Crippen LogP contribution is 2.20. The first-order valence-corrected chi connectivity index (χ1v) is 9.50. The van der Waals surface area contributed by atoms with Gasteiger partial charge in [-0.2, -0.15) is 11.8 Å². The molecule has 3 nitrogen and oxygen atoms in total. The summed E-state index contributed by atoms with van der Waals surface area (Å²) in [5.74, 6) is 2.68. The molecule has 2 aliphatic rings. The highest BCUT2D eigenvalue weighted by molar-refractivity contribution is 7.99. The first kappa shape index (κ1) is 15.3. The summed E-state index contributed by atoms with van der Waals surface area (Å²) in [4.78, 5) is 9.59. The maximum atomic E-state index is 4.19. The van der Waals surface area contributed by atoms with Gasteiger partial charge in [0, 0.05) is 43.0 Å². The van der Waals surface area contributed by atoms with Crippen LogP contribution in [0.3, 0.4) is 0 Å². The van der Waals surface area contributed by atoms with Crippen molar-refractivity contribution < 1.29 is 0 Å². The molecule has 1 aromatic heterocycles. The number of likely N-dealkylation sites (tertiary alicyclic amines) is 1. The Bertz CT molecular complexity index is 398. The molecule has 0 radical (unpaired) electrons. The van der Waals surface area contributed by atoms with Crippen LogP contribution in [0.1, 0.15) is 24.8 Å². The zero-order chi connectivity index (χ0) is 14.3. The maximum absolute atomic E-state index is 4.19. The molecule has 3 rings (SSSR count). The van der Waals surface area contributed by atoms with Crippen LogP contribution >= 0.6 is 11.8 Å². The summed E-state index contributed by atoms with van der Waals surface area (Å²) in [6, 6.07) is 5.09. The molecular weight excluding hydrogens is 278 g/mol. The van der Waals surface area contributed by atoms with Crippen LogP contribution in [0.5, 0.6) is 0 Å². The third-order valence-electron chi connectivity index (χ3n) is 4.78. The third-order valence-corrected chi connectivity index (χ3v) is 5.72. The van der Waals surface area contributed by atoms with E-state index in [1.807, 2.05) is 18.5 Å². The van der Waals surface area contributed by atoms with E-state index in [-0.39, 0.29) is 0 Å². The molecule has 4 heteroatoms. The molecule has 2 fully saturated rings. The quantitative estimate of drug-likeness (QED) is 0.832. The maximum Gasteiger partial charge on any atom is 0.0299 e. The van der Waals surface area contributed by atoms with Crippen molar-refractivity contribution in [2.75, 3.05) is 44.2 Å². The molecule has 2 aliphatic heterocycles. The fraction of sp³-hybridized carbons (Fsp3) is 0.706. The molecule has 0 unspecified atom stereocenters. The van der Waals surface area contributed by atoms with E-state index in [9.17, 15) is 0 Å². The van der Waals surface area contributed by atoms with Gasteiger partial charge in [-0.3, -0.25) is 9.88 Å². The minimum atomic E-state index is 0.862. The molecule has 0 aromatic carbocycles. The lowest BCUT2D eigenvalue weighted by molar-refractivity contribution is 0.116. The molecule has 1 aromatic rings. The smallest absolute Gasteiger partial charge is 0.0299 e. The molecule has 116 valence electrons. The van der Waals surface area contributed by atoms with E-state index in [1.165, 1.54) is 69.1 Å². The normalized spacial score (nSPS) is 22.5. The van der Waals surface area contributed by atoms with E-state index in [0.717, 1.165) is 12.5 Å². The monoisotopic (exact) mass is 305 g/mol. The van der Waals surface area contributed by atoms with Gasteiger partial charge in [-0.25, -0.2) is 0 Å². The summed E-state index contributed by atoms with van der Waals surface area (Å²) in [5, 5.41) is 0. The van der Waals surface area contributed by atoms with E-state index < -0.39 is 0 Å². The van der Waals surface area contributed by atoms with Crippen molar-refractivity contribution in [3.8, 4) is 0 Å². The topological polar surface area (TPSA) is 19.4 Å². The third kappa shape index (κ3) is 4.70. The Morgan fingerprint density at radius 1 is 1.14 bits per heavy atom. The summed E-state index contributed by atoms with van der Waals surface area (Å²) < 4.78 is 0. The Kier molecular flexibility index (Phi) is 5.95. The van der Waals surface area contributed by atoms with Crippen LogP contribution in [-0.2, 0) is 6.42 Å². The Morgan fingerprint density at radius 2 is 1.95 bits per heavy atom. The van der Waals surface area contributed by atoms with Gasteiger partial charge in [0.05, 0.1) is 0 Å². The molecule has 0 saturated carbocycles. The second-order valence-electron chi connectivity index (χ2n) is 6.19. The summed E-state index contributed by atoms with van der Waals surface area (Å²) in [5.41, 5.74) is 1.37. The van der Waals surface area contributed by atoms with Crippen molar-refractivity contribution in [2.45, 2.75) is 31.7 Å². The second kappa shape index (κ2) is 8.16. The van der Waals surface area contributed by atoms with Gasteiger partial charge in [0.1, 0.15) is 0 Å². The highest BCUT2D eigenvalue weighted by Gasteiger charge is 2.25. The van der Waals surface area contributed by atoms with Crippen molar-refractivity contribution in [1.82, 2.24) is 14.8 Å². The minimum Gasteiger partial charge on any atom is -0.303 e. The van der Waals surface area contributed by atoms with Gasteiger partial charge in [-0.15, -0.1) is 0 Å². The van der Waals surface area contributed by atoms with E-state index in [0.29, 0.717) is 0 Å². The fourth-order valence-electron chi connectivity index (χ4n) is 3.50. The van der Waals surface area contributed by atoms with Gasteiger partial charge in [0.15, 0.2) is 0 Å². The predicted octanol–water partition coefficient (Wildman–Crippen LogP) is 2.53. The first-order chi connectivity index (χ1) is 10.4. The number of nitrogens with zero attached hydrogens (tertiary/aromatic N) is 3. The lowest BCUT2D eigenvalue weighted by Crippen LogP contribution is -2.47. The minimum absolute atomic E-state index is 0.862. The number of rotatable bonds is 5. The number of aryl methyl sites for hydroxylation is 1. The summed E-state index contributed by atoms with van der Waals surface area (Å²) in [6.45, 7) is 6.47. The van der Waals surface area contributed by atoms with E-state index in [4.69, 9.17) is 0 Å². The van der Waals surface area contributed by atoms with Crippen LogP contribution < -0.4 is 0 Å². The number of hydrogen-bond donors (Lipinski definition) is 0. The fourth-order valence-corrected chi connectivity index (χ4v) is 4.43. The number of pyridine rings is 1. The van der Waals surface area contributed by atoms with Crippen LogP contribution in [-0.4, -0.2) is 65.1 Å².